The van der Waals surface area contributed by atoms with Gasteiger partial charge in [0.25, 0.3) is 0 Å². The normalized spacial score (nSPS) is 11.5. The van der Waals surface area contributed by atoms with Gasteiger partial charge in [-0.1, -0.05) is 164 Å². The second kappa shape index (κ2) is 14.6. The Kier molecular flexibility index (Phi) is 8.31. The molecule has 290 valence electrons. The third kappa shape index (κ3) is 5.92. The minimum absolute atomic E-state index is 0.509. The summed E-state index contributed by atoms with van der Waals surface area (Å²) >= 11 is 0. The molecular formula is C54H34N8. The number of nitrogens with zero attached hydrogens (tertiary/aromatic N) is 8. The molecule has 62 heavy (non-hydrogen) atoms. The number of rotatable bonds is 7. The van der Waals surface area contributed by atoms with Crippen LogP contribution in [0.2, 0.25) is 0 Å². The maximum atomic E-state index is 5.44. The number of hydrogen-bond acceptors (Lipinski definition) is 6. The monoisotopic (exact) mass is 794 g/mol. The molecule has 0 atom stereocenters. The number of benzene rings is 8. The van der Waals surface area contributed by atoms with Crippen molar-refractivity contribution in [1.29, 1.82) is 0 Å². The van der Waals surface area contributed by atoms with Crippen molar-refractivity contribution in [2.24, 2.45) is 0 Å². The van der Waals surface area contributed by atoms with E-state index in [0.717, 1.165) is 77.1 Å². The van der Waals surface area contributed by atoms with Crippen LogP contribution in [-0.4, -0.2) is 39.0 Å². The second-order valence-corrected chi connectivity index (χ2v) is 15.2. The van der Waals surface area contributed by atoms with Crippen LogP contribution in [0.15, 0.2) is 206 Å². The van der Waals surface area contributed by atoms with E-state index in [0.29, 0.717) is 35.1 Å². The van der Waals surface area contributed by atoms with Crippen LogP contribution < -0.4 is 0 Å². The van der Waals surface area contributed by atoms with Gasteiger partial charge in [-0.05, 0) is 42.5 Å². The van der Waals surface area contributed by atoms with Crippen molar-refractivity contribution in [3.05, 3.63) is 206 Å². The lowest BCUT2D eigenvalue weighted by atomic mass is 10.1. The Morgan fingerprint density at radius 1 is 0.258 bits per heavy atom. The van der Waals surface area contributed by atoms with Gasteiger partial charge in [0.15, 0.2) is 29.1 Å². The Hall–Kier alpha value is -8.62. The molecule has 4 heterocycles. The molecule has 8 nitrogen and oxygen atoms in total. The summed E-state index contributed by atoms with van der Waals surface area (Å²) in [6, 6.07) is 70.4. The summed E-state index contributed by atoms with van der Waals surface area (Å²) in [5.74, 6) is 3.29. The summed E-state index contributed by atoms with van der Waals surface area (Å²) in [6.45, 7) is 0. The molecule has 0 N–H and O–H groups in total. The molecule has 4 aromatic heterocycles. The van der Waals surface area contributed by atoms with Gasteiger partial charge in [-0.3, -0.25) is 4.57 Å². The first-order chi connectivity index (χ1) is 30.7. The van der Waals surface area contributed by atoms with Gasteiger partial charge in [-0.2, -0.15) is 9.97 Å². The molecule has 0 fully saturated rings. The predicted molar refractivity (Wildman–Crippen MR) is 249 cm³/mol. The molecule has 0 saturated heterocycles. The fraction of sp³-hybridized carbons (Fsp3) is 0. The molecule has 0 aliphatic heterocycles. The van der Waals surface area contributed by atoms with E-state index in [1.165, 1.54) is 0 Å². The van der Waals surface area contributed by atoms with Crippen molar-refractivity contribution in [2.75, 3.05) is 0 Å². The van der Waals surface area contributed by atoms with Crippen LogP contribution in [-0.2, 0) is 0 Å². The zero-order chi connectivity index (χ0) is 41.0. The fourth-order valence-electron chi connectivity index (χ4n) is 8.61. The Bertz CT molecular complexity index is 3470. The Morgan fingerprint density at radius 3 is 1.05 bits per heavy atom. The average molecular weight is 795 g/mol. The van der Waals surface area contributed by atoms with Crippen LogP contribution in [0.25, 0.3) is 112 Å². The average Bonchev–Trinajstić information content (AvgIpc) is 3.87. The minimum atomic E-state index is 0.509. The molecule has 8 aromatic carbocycles. The molecule has 0 bridgehead atoms. The van der Waals surface area contributed by atoms with Crippen molar-refractivity contribution in [3.8, 4) is 68.6 Å². The Morgan fingerprint density at radius 2 is 0.597 bits per heavy atom. The molecule has 12 aromatic rings. The van der Waals surface area contributed by atoms with E-state index in [9.17, 15) is 0 Å². The number of para-hydroxylation sites is 4. The van der Waals surface area contributed by atoms with Gasteiger partial charge in [0.05, 0.1) is 27.8 Å². The Balaban J connectivity index is 1.17. The molecule has 0 unspecified atom stereocenters. The summed E-state index contributed by atoms with van der Waals surface area (Å²) in [4.78, 5) is 31.3. The number of aromatic nitrogens is 8. The van der Waals surface area contributed by atoms with Crippen molar-refractivity contribution in [1.82, 2.24) is 39.0 Å². The third-order valence-corrected chi connectivity index (χ3v) is 11.5. The molecular weight excluding hydrogens is 761 g/mol. The molecule has 0 spiro atoms. The summed E-state index contributed by atoms with van der Waals surface area (Å²) in [5, 5.41) is 4.56. The summed E-state index contributed by atoms with van der Waals surface area (Å²) in [7, 11) is 0. The van der Waals surface area contributed by atoms with Gasteiger partial charge in [0, 0.05) is 49.4 Å². The van der Waals surface area contributed by atoms with Gasteiger partial charge < -0.3 is 4.57 Å². The topological polar surface area (TPSA) is 87.2 Å². The van der Waals surface area contributed by atoms with Crippen LogP contribution >= 0.6 is 0 Å². The lowest BCUT2D eigenvalue weighted by Crippen LogP contribution is -2.08. The summed E-state index contributed by atoms with van der Waals surface area (Å²) < 4.78 is 4.46. The molecule has 0 amide bonds. The molecule has 0 aliphatic carbocycles. The fourth-order valence-corrected chi connectivity index (χ4v) is 8.61. The number of fused-ring (bicyclic) bond motifs is 6. The van der Waals surface area contributed by atoms with Gasteiger partial charge in [-0.25, -0.2) is 19.9 Å². The summed E-state index contributed by atoms with van der Waals surface area (Å²) in [6.07, 6.45) is 0. The van der Waals surface area contributed by atoms with E-state index in [-0.39, 0.29) is 0 Å². The zero-order valence-corrected chi connectivity index (χ0v) is 33.2. The van der Waals surface area contributed by atoms with E-state index in [4.69, 9.17) is 29.9 Å². The predicted octanol–water partition coefficient (Wildman–Crippen LogP) is 12.6. The summed E-state index contributed by atoms with van der Waals surface area (Å²) in [5.41, 5.74) is 9.32. The highest BCUT2D eigenvalue weighted by molar-refractivity contribution is 6.10. The molecule has 0 saturated carbocycles. The quantitative estimate of drug-likeness (QED) is 0.160. The SMILES string of the molecule is c1ccc(-c2nc(-c3ccccc3)nc(-c3ccc(-n4c5ccccc5c5ccccc54)c(-c4nc(-c5ccccc5)nc(-n5c6ccccc6c6ccccc65)n4)c3)n2)cc1. The molecule has 12 rings (SSSR count). The highest BCUT2D eigenvalue weighted by atomic mass is 15.2. The molecule has 0 aliphatic rings. The molecule has 0 radical (unpaired) electrons. The first kappa shape index (κ1) is 35.3. The minimum Gasteiger partial charge on any atom is -0.309 e. The maximum absolute atomic E-state index is 5.44. The maximum Gasteiger partial charge on any atom is 0.238 e. The first-order valence-corrected chi connectivity index (χ1v) is 20.6. The van der Waals surface area contributed by atoms with Crippen molar-refractivity contribution >= 4 is 43.6 Å². The highest BCUT2D eigenvalue weighted by Gasteiger charge is 2.23. The van der Waals surface area contributed by atoms with Gasteiger partial charge in [-0.15, -0.1) is 0 Å². The zero-order valence-electron chi connectivity index (χ0n) is 33.2. The number of hydrogen-bond donors (Lipinski definition) is 0. The van der Waals surface area contributed by atoms with Gasteiger partial charge in [0.2, 0.25) is 5.95 Å². The smallest absolute Gasteiger partial charge is 0.238 e. The van der Waals surface area contributed by atoms with E-state index in [1.807, 2.05) is 91.0 Å². The van der Waals surface area contributed by atoms with E-state index >= 15 is 0 Å². The van der Waals surface area contributed by atoms with E-state index in [1.54, 1.807) is 0 Å². The second-order valence-electron chi connectivity index (χ2n) is 15.2. The highest BCUT2D eigenvalue weighted by Crippen LogP contribution is 2.39. The third-order valence-electron chi connectivity index (χ3n) is 11.5. The lowest BCUT2D eigenvalue weighted by Gasteiger charge is -2.17. The first-order valence-electron chi connectivity index (χ1n) is 20.6. The standard InChI is InChI=1S/C54H34N8/c1-4-18-35(19-5-1)49-55-50(36-20-6-2-7-21-36)57-52(56-49)38-32-33-48(61-44-28-14-10-24-39(44)40-25-11-15-29-45(40)61)43(34-38)53-58-51(37-22-8-3-9-23-37)59-54(60-53)62-46-30-16-12-26-41(46)42-27-13-17-31-47(42)62/h1-34H. The molecule has 8 heteroatoms. The van der Waals surface area contributed by atoms with E-state index < -0.39 is 0 Å². The largest absolute Gasteiger partial charge is 0.309 e. The van der Waals surface area contributed by atoms with Crippen LogP contribution in [0.5, 0.6) is 0 Å². The van der Waals surface area contributed by atoms with Gasteiger partial charge in [0.1, 0.15) is 0 Å². The van der Waals surface area contributed by atoms with E-state index in [2.05, 4.69) is 124 Å². The van der Waals surface area contributed by atoms with Crippen molar-refractivity contribution in [3.63, 3.8) is 0 Å². The Labute approximate surface area is 356 Å². The van der Waals surface area contributed by atoms with Crippen LogP contribution in [0.1, 0.15) is 0 Å². The lowest BCUT2D eigenvalue weighted by molar-refractivity contribution is 0.951. The van der Waals surface area contributed by atoms with Crippen LogP contribution in [0, 0.1) is 0 Å². The van der Waals surface area contributed by atoms with Crippen LogP contribution in [0.4, 0.5) is 0 Å². The van der Waals surface area contributed by atoms with Crippen molar-refractivity contribution in [2.45, 2.75) is 0 Å². The van der Waals surface area contributed by atoms with Crippen molar-refractivity contribution < 1.29 is 0 Å². The van der Waals surface area contributed by atoms with Crippen LogP contribution in [0.3, 0.4) is 0 Å². The van der Waals surface area contributed by atoms with Gasteiger partial charge >= 0.3 is 0 Å².